The molecule has 0 saturated carbocycles. The zero-order valence-corrected chi connectivity index (χ0v) is 16.4. The third-order valence-corrected chi connectivity index (χ3v) is 4.36. The molecule has 3 rings (SSSR count). The molecule has 0 atom stereocenters. The SMILES string of the molecule is O=[N+]([O-])c1c(Nc2ccc(Br)cc2F)ncnc1Nc1ccc(Br)cc1F. The van der Waals surface area contributed by atoms with Gasteiger partial charge in [-0.1, -0.05) is 31.9 Å². The highest BCUT2D eigenvalue weighted by Gasteiger charge is 2.24. The zero-order valence-electron chi connectivity index (χ0n) is 13.2. The highest BCUT2D eigenvalue weighted by molar-refractivity contribution is 9.10. The lowest BCUT2D eigenvalue weighted by Gasteiger charge is -2.11. The van der Waals surface area contributed by atoms with Crippen molar-refractivity contribution in [2.75, 3.05) is 10.6 Å². The lowest BCUT2D eigenvalue weighted by molar-refractivity contribution is -0.383. The Morgan fingerprint density at radius 2 is 1.33 bits per heavy atom. The molecule has 1 aromatic heterocycles. The Labute approximate surface area is 168 Å². The van der Waals surface area contributed by atoms with E-state index in [1.54, 1.807) is 12.1 Å². The molecule has 0 spiro atoms. The highest BCUT2D eigenvalue weighted by atomic mass is 79.9. The number of halogens is 4. The van der Waals surface area contributed by atoms with E-state index in [9.17, 15) is 18.9 Å². The summed E-state index contributed by atoms with van der Waals surface area (Å²) in [4.78, 5) is 18.4. The van der Waals surface area contributed by atoms with Crippen LogP contribution in [0.4, 0.5) is 37.5 Å². The van der Waals surface area contributed by atoms with E-state index in [-0.39, 0.29) is 23.0 Å². The fourth-order valence-corrected chi connectivity index (χ4v) is 2.84. The molecular weight excluding hydrogens is 492 g/mol. The summed E-state index contributed by atoms with van der Waals surface area (Å²) in [5.41, 5.74) is -0.580. The van der Waals surface area contributed by atoms with Crippen LogP contribution in [0.5, 0.6) is 0 Å². The molecule has 27 heavy (non-hydrogen) atoms. The Morgan fingerprint density at radius 1 is 0.889 bits per heavy atom. The molecule has 11 heteroatoms. The van der Waals surface area contributed by atoms with Gasteiger partial charge in [0.15, 0.2) is 0 Å². The molecular formula is C16H9Br2F2N5O2. The Hall–Kier alpha value is -2.66. The summed E-state index contributed by atoms with van der Waals surface area (Å²) in [5.74, 6) is -1.75. The predicted molar refractivity (Wildman–Crippen MR) is 103 cm³/mol. The quantitative estimate of drug-likeness (QED) is 0.346. The van der Waals surface area contributed by atoms with Crippen LogP contribution in [0.1, 0.15) is 0 Å². The lowest BCUT2D eigenvalue weighted by atomic mass is 10.3. The van der Waals surface area contributed by atoms with Crippen molar-refractivity contribution in [3.05, 3.63) is 73.4 Å². The van der Waals surface area contributed by atoms with E-state index >= 15 is 0 Å². The van der Waals surface area contributed by atoms with Gasteiger partial charge in [-0.25, -0.2) is 18.7 Å². The van der Waals surface area contributed by atoms with Crippen LogP contribution in [-0.2, 0) is 0 Å². The van der Waals surface area contributed by atoms with Gasteiger partial charge in [-0.3, -0.25) is 10.1 Å². The third kappa shape index (κ3) is 4.37. The second-order valence-corrected chi connectivity index (χ2v) is 7.01. The van der Waals surface area contributed by atoms with E-state index < -0.39 is 22.2 Å². The molecule has 0 unspecified atom stereocenters. The molecule has 7 nitrogen and oxygen atoms in total. The van der Waals surface area contributed by atoms with Crippen molar-refractivity contribution in [1.29, 1.82) is 0 Å². The highest BCUT2D eigenvalue weighted by Crippen LogP contribution is 2.34. The second kappa shape index (κ2) is 7.92. The number of rotatable bonds is 5. The minimum Gasteiger partial charge on any atom is -0.332 e. The van der Waals surface area contributed by atoms with Crippen molar-refractivity contribution in [2.24, 2.45) is 0 Å². The van der Waals surface area contributed by atoms with Crippen LogP contribution in [0.25, 0.3) is 0 Å². The largest absolute Gasteiger partial charge is 0.353 e. The molecule has 0 aliphatic carbocycles. The molecule has 2 aromatic carbocycles. The first-order chi connectivity index (χ1) is 12.8. The van der Waals surface area contributed by atoms with Crippen molar-refractivity contribution >= 4 is 60.6 Å². The number of benzene rings is 2. The normalized spacial score (nSPS) is 10.5. The fourth-order valence-electron chi connectivity index (χ4n) is 2.17. The topological polar surface area (TPSA) is 93.0 Å². The lowest BCUT2D eigenvalue weighted by Crippen LogP contribution is -2.06. The molecule has 0 aliphatic heterocycles. The van der Waals surface area contributed by atoms with E-state index in [4.69, 9.17) is 0 Å². The van der Waals surface area contributed by atoms with Crippen LogP contribution < -0.4 is 10.6 Å². The smallest absolute Gasteiger partial charge is 0.332 e. The van der Waals surface area contributed by atoms with Crippen LogP contribution in [0.2, 0.25) is 0 Å². The molecule has 3 aromatic rings. The number of nitrogens with one attached hydrogen (secondary N) is 2. The molecule has 0 bridgehead atoms. The molecule has 0 radical (unpaired) electrons. The molecule has 1 heterocycles. The molecule has 0 amide bonds. The van der Waals surface area contributed by atoms with Crippen molar-refractivity contribution in [1.82, 2.24) is 9.97 Å². The van der Waals surface area contributed by atoms with Gasteiger partial charge in [0.25, 0.3) is 0 Å². The Morgan fingerprint density at radius 3 is 1.70 bits per heavy atom. The van der Waals surface area contributed by atoms with E-state index in [1.807, 2.05) is 0 Å². The number of aromatic nitrogens is 2. The van der Waals surface area contributed by atoms with Crippen LogP contribution in [0, 0.1) is 21.7 Å². The van der Waals surface area contributed by atoms with Crippen LogP contribution in [-0.4, -0.2) is 14.9 Å². The van der Waals surface area contributed by atoms with Gasteiger partial charge in [-0.2, -0.15) is 0 Å². The maximum Gasteiger partial charge on any atom is 0.353 e. The summed E-state index contributed by atoms with van der Waals surface area (Å²) in [6.45, 7) is 0. The van der Waals surface area contributed by atoms with Gasteiger partial charge in [-0.15, -0.1) is 0 Å². The molecule has 2 N–H and O–H groups in total. The van der Waals surface area contributed by atoms with Crippen molar-refractivity contribution in [2.45, 2.75) is 0 Å². The Balaban J connectivity index is 2.01. The van der Waals surface area contributed by atoms with Crippen molar-refractivity contribution in [3.8, 4) is 0 Å². The second-order valence-electron chi connectivity index (χ2n) is 5.17. The minimum atomic E-state index is -0.738. The predicted octanol–water partition coefficient (Wildman–Crippen LogP) is 5.68. The van der Waals surface area contributed by atoms with Gasteiger partial charge in [0.2, 0.25) is 11.6 Å². The number of hydrogen-bond donors (Lipinski definition) is 2. The van der Waals surface area contributed by atoms with Gasteiger partial charge in [0.1, 0.15) is 18.0 Å². The number of anilines is 4. The summed E-state index contributed by atoms with van der Waals surface area (Å²) in [6, 6.07) is 8.32. The summed E-state index contributed by atoms with van der Waals surface area (Å²) in [7, 11) is 0. The summed E-state index contributed by atoms with van der Waals surface area (Å²) >= 11 is 6.26. The fraction of sp³-hybridized carbons (Fsp3) is 0. The Bertz CT molecular complexity index is 964. The zero-order chi connectivity index (χ0) is 19.6. The van der Waals surface area contributed by atoms with Gasteiger partial charge in [-0.05, 0) is 36.4 Å². The van der Waals surface area contributed by atoms with E-state index in [1.165, 1.54) is 24.3 Å². The minimum absolute atomic E-state index is 0.0132. The average Bonchev–Trinajstić information content (AvgIpc) is 2.60. The summed E-state index contributed by atoms with van der Waals surface area (Å²) < 4.78 is 29.1. The summed E-state index contributed by atoms with van der Waals surface area (Å²) in [6.07, 6.45) is 1.05. The van der Waals surface area contributed by atoms with Crippen LogP contribution >= 0.6 is 31.9 Å². The van der Waals surface area contributed by atoms with Crippen molar-refractivity contribution in [3.63, 3.8) is 0 Å². The number of nitrogens with zero attached hydrogens (tertiary/aromatic N) is 3. The van der Waals surface area contributed by atoms with Crippen molar-refractivity contribution < 1.29 is 13.7 Å². The van der Waals surface area contributed by atoms with Gasteiger partial charge < -0.3 is 10.6 Å². The molecule has 0 aliphatic rings. The molecule has 138 valence electrons. The average molecular weight is 501 g/mol. The number of hydrogen-bond acceptors (Lipinski definition) is 6. The maximum atomic E-state index is 14.0. The first-order valence-corrected chi connectivity index (χ1v) is 8.87. The first-order valence-electron chi connectivity index (χ1n) is 7.28. The van der Waals surface area contributed by atoms with E-state index in [0.717, 1.165) is 6.33 Å². The monoisotopic (exact) mass is 499 g/mol. The number of nitro groups is 1. The van der Waals surface area contributed by atoms with Gasteiger partial charge >= 0.3 is 5.69 Å². The van der Waals surface area contributed by atoms with Crippen LogP contribution in [0.3, 0.4) is 0 Å². The third-order valence-electron chi connectivity index (χ3n) is 3.37. The first kappa shape index (κ1) is 19.1. The standard InChI is InChI=1S/C16H9Br2F2N5O2/c17-8-1-3-12(10(19)5-8)23-15-14(25(26)27)16(22-7-21-15)24-13-4-2-9(18)6-11(13)20/h1-7H,(H2,21,22,23,24). The van der Waals surface area contributed by atoms with E-state index in [2.05, 4.69) is 52.5 Å². The van der Waals surface area contributed by atoms with E-state index in [0.29, 0.717) is 8.95 Å². The summed E-state index contributed by atoms with van der Waals surface area (Å²) in [5, 5.41) is 16.7. The molecule has 0 saturated heterocycles. The van der Waals surface area contributed by atoms with Gasteiger partial charge in [0, 0.05) is 8.95 Å². The Kier molecular flexibility index (Phi) is 5.61. The van der Waals surface area contributed by atoms with Gasteiger partial charge in [0.05, 0.1) is 16.3 Å². The molecule has 0 fully saturated rings. The van der Waals surface area contributed by atoms with Crippen LogP contribution in [0.15, 0.2) is 51.7 Å². The maximum absolute atomic E-state index is 14.0.